The Bertz CT molecular complexity index is 1080. The smallest absolute Gasteiger partial charge is 0.276 e. The number of carbonyl (C=O) groups is 1. The van der Waals surface area contributed by atoms with Gasteiger partial charge in [-0.25, -0.2) is 0 Å². The summed E-state index contributed by atoms with van der Waals surface area (Å²) in [5.41, 5.74) is 1.77. The number of benzene rings is 2. The maximum atomic E-state index is 12.2. The van der Waals surface area contributed by atoms with E-state index >= 15 is 0 Å². The van der Waals surface area contributed by atoms with E-state index in [9.17, 15) is 4.79 Å². The van der Waals surface area contributed by atoms with Gasteiger partial charge in [0.1, 0.15) is 5.82 Å². The molecule has 2 heterocycles. The van der Waals surface area contributed by atoms with Crippen LogP contribution < -0.4 is 10.6 Å². The zero-order valence-electron chi connectivity index (χ0n) is 15.6. The fourth-order valence-electron chi connectivity index (χ4n) is 2.64. The zero-order chi connectivity index (χ0) is 20.1. The molecule has 2 aromatic heterocycles. The SMILES string of the molecule is CC(Nc1ccc(C(=O)Nc2ccccc2)nn1)c1noc(-c2ccccc2)n1. The molecule has 0 saturated heterocycles. The molecule has 0 aliphatic rings. The molecule has 0 spiro atoms. The molecule has 144 valence electrons. The van der Waals surface area contributed by atoms with Gasteiger partial charge in [-0.1, -0.05) is 41.6 Å². The quantitative estimate of drug-likeness (QED) is 0.517. The lowest BCUT2D eigenvalue weighted by molar-refractivity contribution is 0.102. The average molecular weight is 386 g/mol. The molecule has 0 fully saturated rings. The summed E-state index contributed by atoms with van der Waals surface area (Å²) in [6.45, 7) is 1.89. The summed E-state index contributed by atoms with van der Waals surface area (Å²) in [5.74, 6) is 1.12. The third-order valence-corrected chi connectivity index (χ3v) is 4.14. The Morgan fingerprint density at radius 2 is 1.66 bits per heavy atom. The van der Waals surface area contributed by atoms with Gasteiger partial charge in [0.25, 0.3) is 11.8 Å². The number of anilines is 2. The molecule has 8 heteroatoms. The van der Waals surface area contributed by atoms with Crippen molar-refractivity contribution in [2.75, 3.05) is 10.6 Å². The van der Waals surface area contributed by atoms with Gasteiger partial charge in [-0.3, -0.25) is 4.79 Å². The lowest BCUT2D eigenvalue weighted by Gasteiger charge is -2.10. The van der Waals surface area contributed by atoms with Crippen molar-refractivity contribution in [2.45, 2.75) is 13.0 Å². The lowest BCUT2D eigenvalue weighted by atomic mass is 10.2. The summed E-state index contributed by atoms with van der Waals surface area (Å²) < 4.78 is 5.33. The maximum Gasteiger partial charge on any atom is 0.276 e. The van der Waals surface area contributed by atoms with Gasteiger partial charge >= 0.3 is 0 Å². The van der Waals surface area contributed by atoms with Gasteiger partial charge in [-0.05, 0) is 43.3 Å². The summed E-state index contributed by atoms with van der Waals surface area (Å²) in [6.07, 6.45) is 0. The van der Waals surface area contributed by atoms with E-state index in [1.807, 2.05) is 55.5 Å². The van der Waals surface area contributed by atoms with E-state index in [0.717, 1.165) is 5.56 Å². The first-order chi connectivity index (χ1) is 14.2. The Morgan fingerprint density at radius 1 is 0.931 bits per heavy atom. The second-order valence-corrected chi connectivity index (χ2v) is 6.31. The number of carbonyl (C=O) groups excluding carboxylic acids is 1. The minimum Gasteiger partial charge on any atom is -0.359 e. The molecule has 0 saturated carbocycles. The monoisotopic (exact) mass is 386 g/mol. The van der Waals surface area contributed by atoms with Crippen molar-refractivity contribution < 1.29 is 9.32 Å². The second-order valence-electron chi connectivity index (χ2n) is 6.31. The third kappa shape index (κ3) is 4.44. The van der Waals surface area contributed by atoms with Gasteiger partial charge in [0.05, 0.1) is 6.04 Å². The first kappa shape index (κ1) is 18.3. The summed E-state index contributed by atoms with van der Waals surface area (Å²) in [6, 6.07) is 21.8. The molecule has 2 aromatic carbocycles. The molecule has 0 radical (unpaired) electrons. The summed E-state index contributed by atoms with van der Waals surface area (Å²) in [7, 11) is 0. The van der Waals surface area contributed by atoms with Crippen LogP contribution in [0.5, 0.6) is 0 Å². The van der Waals surface area contributed by atoms with Crippen molar-refractivity contribution in [2.24, 2.45) is 0 Å². The summed E-state index contributed by atoms with van der Waals surface area (Å²) >= 11 is 0. The number of hydrogen-bond acceptors (Lipinski definition) is 7. The van der Waals surface area contributed by atoms with Gasteiger partial charge in [0.2, 0.25) is 0 Å². The molecule has 0 bridgehead atoms. The molecule has 2 N–H and O–H groups in total. The fourth-order valence-corrected chi connectivity index (χ4v) is 2.64. The highest BCUT2D eigenvalue weighted by molar-refractivity contribution is 6.02. The molecule has 4 aromatic rings. The molecule has 0 aliphatic heterocycles. The van der Waals surface area contributed by atoms with Crippen LogP contribution in [0, 0.1) is 0 Å². The molecule has 1 amide bonds. The Balaban J connectivity index is 1.40. The Hall–Kier alpha value is -4.07. The van der Waals surface area contributed by atoms with Crippen LogP contribution in [0.2, 0.25) is 0 Å². The molecular formula is C21H18N6O2. The maximum absolute atomic E-state index is 12.2. The van der Waals surface area contributed by atoms with E-state index in [4.69, 9.17) is 4.52 Å². The molecule has 8 nitrogen and oxygen atoms in total. The van der Waals surface area contributed by atoms with E-state index in [-0.39, 0.29) is 17.6 Å². The Kier molecular flexibility index (Phi) is 5.24. The second kappa shape index (κ2) is 8.30. The Labute approximate surface area is 167 Å². The minimum absolute atomic E-state index is 0.220. The van der Waals surface area contributed by atoms with Crippen LogP contribution in [0.1, 0.15) is 29.3 Å². The van der Waals surface area contributed by atoms with E-state index in [1.165, 1.54) is 0 Å². The highest BCUT2D eigenvalue weighted by Crippen LogP contribution is 2.20. The van der Waals surface area contributed by atoms with E-state index in [2.05, 4.69) is 31.0 Å². The van der Waals surface area contributed by atoms with Gasteiger partial charge < -0.3 is 15.2 Å². The first-order valence-electron chi connectivity index (χ1n) is 9.05. The first-order valence-corrected chi connectivity index (χ1v) is 9.05. The number of nitrogens with zero attached hydrogens (tertiary/aromatic N) is 4. The van der Waals surface area contributed by atoms with E-state index < -0.39 is 0 Å². The van der Waals surface area contributed by atoms with Gasteiger partial charge in [0, 0.05) is 11.3 Å². The van der Waals surface area contributed by atoms with Crippen LogP contribution in [-0.2, 0) is 0 Å². The van der Waals surface area contributed by atoms with Gasteiger partial charge in [-0.15, -0.1) is 10.2 Å². The summed E-state index contributed by atoms with van der Waals surface area (Å²) in [5, 5.41) is 18.0. The number of amides is 1. The van der Waals surface area contributed by atoms with Crippen LogP contribution in [0.25, 0.3) is 11.5 Å². The molecule has 1 atom stereocenters. The number of para-hydroxylation sites is 1. The average Bonchev–Trinajstić information content (AvgIpc) is 3.26. The predicted octanol–water partition coefficient (Wildman–Crippen LogP) is 3.95. The van der Waals surface area contributed by atoms with Crippen LogP contribution in [0.3, 0.4) is 0 Å². The number of aromatic nitrogens is 4. The van der Waals surface area contributed by atoms with Crippen LogP contribution in [0.4, 0.5) is 11.5 Å². The van der Waals surface area contributed by atoms with Gasteiger partial charge in [-0.2, -0.15) is 4.98 Å². The van der Waals surface area contributed by atoms with Crippen LogP contribution in [0.15, 0.2) is 77.3 Å². The molecule has 0 aliphatic carbocycles. The van der Waals surface area contributed by atoms with Gasteiger partial charge in [0.15, 0.2) is 11.5 Å². The number of nitrogens with one attached hydrogen (secondary N) is 2. The molecule has 1 unspecified atom stereocenters. The van der Waals surface area contributed by atoms with Crippen molar-refractivity contribution in [3.63, 3.8) is 0 Å². The summed E-state index contributed by atoms with van der Waals surface area (Å²) in [4.78, 5) is 16.7. The van der Waals surface area contributed by atoms with Crippen molar-refractivity contribution in [3.05, 3.63) is 84.3 Å². The van der Waals surface area contributed by atoms with Crippen molar-refractivity contribution in [1.29, 1.82) is 0 Å². The van der Waals surface area contributed by atoms with Crippen molar-refractivity contribution >= 4 is 17.4 Å². The van der Waals surface area contributed by atoms with E-state index in [1.54, 1.807) is 24.3 Å². The zero-order valence-corrected chi connectivity index (χ0v) is 15.6. The standard InChI is InChI=1S/C21H18N6O2/c1-14(19-24-21(29-27-19)15-8-4-2-5-9-15)22-18-13-12-17(25-26-18)20(28)23-16-10-6-3-7-11-16/h2-14H,1H3,(H,22,26)(H,23,28). The largest absolute Gasteiger partial charge is 0.359 e. The normalized spacial score (nSPS) is 11.6. The van der Waals surface area contributed by atoms with Crippen molar-refractivity contribution in [3.8, 4) is 11.5 Å². The highest BCUT2D eigenvalue weighted by Gasteiger charge is 2.16. The minimum atomic E-state index is -0.325. The molecule has 29 heavy (non-hydrogen) atoms. The molecule has 4 rings (SSSR count). The predicted molar refractivity (Wildman–Crippen MR) is 108 cm³/mol. The number of hydrogen-bond donors (Lipinski definition) is 2. The van der Waals surface area contributed by atoms with E-state index in [0.29, 0.717) is 23.2 Å². The fraction of sp³-hybridized carbons (Fsp3) is 0.0952. The van der Waals surface area contributed by atoms with Crippen LogP contribution >= 0.6 is 0 Å². The topological polar surface area (TPSA) is 106 Å². The molecular weight excluding hydrogens is 368 g/mol. The Morgan fingerprint density at radius 3 is 2.34 bits per heavy atom. The lowest BCUT2D eigenvalue weighted by Crippen LogP contribution is -2.15. The number of rotatable bonds is 6. The van der Waals surface area contributed by atoms with Crippen molar-refractivity contribution in [1.82, 2.24) is 20.3 Å². The van der Waals surface area contributed by atoms with Crippen LogP contribution in [-0.4, -0.2) is 26.2 Å². The third-order valence-electron chi connectivity index (χ3n) is 4.14. The highest BCUT2D eigenvalue weighted by atomic mass is 16.5.